The van der Waals surface area contributed by atoms with E-state index in [0.717, 1.165) is 12.3 Å². The van der Waals surface area contributed by atoms with E-state index in [1.54, 1.807) is 0 Å². The van der Waals surface area contributed by atoms with Crippen molar-refractivity contribution in [3.05, 3.63) is 17.4 Å². The summed E-state index contributed by atoms with van der Waals surface area (Å²) in [5, 5.41) is 9.04. The van der Waals surface area contributed by atoms with Gasteiger partial charge in [-0.05, 0) is 6.07 Å². The Hall–Kier alpha value is -1.34. The molecule has 0 atom stereocenters. The van der Waals surface area contributed by atoms with Crippen molar-refractivity contribution in [3.63, 3.8) is 0 Å². The smallest absolute Gasteiger partial charge is 0.182 e. The Morgan fingerprint density at radius 2 is 1.82 bits per heavy atom. The molecule has 0 saturated carbocycles. The van der Waals surface area contributed by atoms with E-state index in [-0.39, 0.29) is 17.1 Å². The predicted octanol–water partition coefficient (Wildman–Crippen LogP) is 0.739. The second-order valence-electron chi connectivity index (χ2n) is 3.34. The Morgan fingerprint density at radius 3 is 2.18 bits per heavy atom. The molecule has 17 heavy (non-hydrogen) atoms. The monoisotopic (exact) mass is 264 g/mol. The minimum Gasteiger partial charge on any atom is -0.492 e. The van der Waals surface area contributed by atoms with Crippen LogP contribution in [0.25, 0.3) is 0 Å². The molecule has 0 aliphatic rings. The van der Waals surface area contributed by atoms with E-state index < -0.39 is 27.2 Å². The van der Waals surface area contributed by atoms with Crippen molar-refractivity contribution in [2.24, 2.45) is 0 Å². The van der Waals surface area contributed by atoms with Crippen LogP contribution in [-0.2, 0) is 16.4 Å². The summed E-state index contributed by atoms with van der Waals surface area (Å²) in [6.07, 6.45) is 0.867. The van der Waals surface area contributed by atoms with Gasteiger partial charge in [-0.15, -0.1) is 0 Å². The average Bonchev–Trinajstić information content (AvgIpc) is 2.25. The maximum Gasteiger partial charge on any atom is 0.182 e. The van der Waals surface area contributed by atoms with Crippen molar-refractivity contribution >= 4 is 9.84 Å². The summed E-state index contributed by atoms with van der Waals surface area (Å²) >= 11 is 0. The summed E-state index contributed by atoms with van der Waals surface area (Å²) in [4.78, 5) is -0.575. The number of rotatable bonds is 4. The molecule has 1 N–H and O–H groups in total. The van der Waals surface area contributed by atoms with Gasteiger partial charge in [0, 0.05) is 11.8 Å². The zero-order valence-corrected chi connectivity index (χ0v) is 10.5. The third-order valence-electron chi connectivity index (χ3n) is 2.17. The number of sulfone groups is 1. The first kappa shape index (κ1) is 13.7. The van der Waals surface area contributed by atoms with Crippen LogP contribution in [0.5, 0.6) is 11.5 Å². The Bertz CT molecular complexity index is 524. The van der Waals surface area contributed by atoms with Gasteiger partial charge in [-0.1, -0.05) is 0 Å². The van der Waals surface area contributed by atoms with Crippen LogP contribution in [0, 0.1) is 5.82 Å². The number of ether oxygens (including phenoxy) is 2. The van der Waals surface area contributed by atoms with Crippen molar-refractivity contribution in [2.75, 3.05) is 20.5 Å². The number of benzene rings is 1. The second-order valence-corrected chi connectivity index (χ2v) is 5.30. The lowest BCUT2D eigenvalue weighted by atomic mass is 10.2. The van der Waals surface area contributed by atoms with E-state index in [9.17, 15) is 12.8 Å². The van der Waals surface area contributed by atoms with Gasteiger partial charge in [0.05, 0.1) is 20.8 Å². The molecule has 7 heteroatoms. The molecule has 0 aromatic heterocycles. The zero-order chi connectivity index (χ0) is 13.2. The highest BCUT2D eigenvalue weighted by atomic mass is 32.2. The van der Waals surface area contributed by atoms with Crippen LogP contribution >= 0.6 is 0 Å². The van der Waals surface area contributed by atoms with Crippen LogP contribution in [0.1, 0.15) is 5.56 Å². The molecule has 0 aliphatic carbocycles. The van der Waals surface area contributed by atoms with Crippen LogP contribution in [0.15, 0.2) is 11.0 Å². The average molecular weight is 264 g/mol. The SMILES string of the molecule is COc1c(CO)cc(F)c(S(C)(=O)=O)c1OC. The molecule has 0 unspecified atom stereocenters. The summed E-state index contributed by atoms with van der Waals surface area (Å²) in [5.41, 5.74) is 0.120. The van der Waals surface area contributed by atoms with Gasteiger partial charge >= 0.3 is 0 Å². The van der Waals surface area contributed by atoms with Crippen molar-refractivity contribution in [3.8, 4) is 11.5 Å². The Labute approximate surface area is 98.7 Å². The number of hydrogen-bond acceptors (Lipinski definition) is 5. The molecular formula is C10H13FO5S. The lowest BCUT2D eigenvalue weighted by Gasteiger charge is -2.15. The molecule has 1 rings (SSSR count). The molecule has 0 saturated heterocycles. The van der Waals surface area contributed by atoms with Crippen LogP contribution in [-0.4, -0.2) is 34.0 Å². The highest BCUT2D eigenvalue weighted by Gasteiger charge is 2.26. The fraction of sp³-hybridized carbons (Fsp3) is 0.400. The molecule has 0 heterocycles. The first-order valence-electron chi connectivity index (χ1n) is 4.61. The van der Waals surface area contributed by atoms with Gasteiger partial charge in [0.15, 0.2) is 21.3 Å². The summed E-state index contributed by atoms with van der Waals surface area (Å²) in [6, 6.07) is 0.914. The molecule has 0 radical (unpaired) electrons. The molecule has 0 bridgehead atoms. The summed E-state index contributed by atoms with van der Waals surface area (Å²) < 4.78 is 46.4. The zero-order valence-electron chi connectivity index (χ0n) is 9.65. The third-order valence-corrected chi connectivity index (χ3v) is 3.29. The molecular weight excluding hydrogens is 251 g/mol. The minimum absolute atomic E-state index is 0.0109. The lowest BCUT2D eigenvalue weighted by molar-refractivity contribution is 0.267. The standard InChI is InChI=1S/C10H13FO5S/c1-15-8-6(5-12)4-7(11)10(9(8)16-2)17(3,13)14/h4,12H,5H2,1-3H3. The maximum atomic E-state index is 13.7. The molecule has 1 aromatic carbocycles. The molecule has 0 spiro atoms. The number of aliphatic hydroxyl groups is 1. The van der Waals surface area contributed by atoms with E-state index in [2.05, 4.69) is 0 Å². The Balaban J connectivity index is 3.73. The quantitative estimate of drug-likeness (QED) is 0.868. The largest absolute Gasteiger partial charge is 0.492 e. The van der Waals surface area contributed by atoms with Crippen molar-refractivity contribution in [2.45, 2.75) is 11.5 Å². The number of methoxy groups -OCH3 is 2. The normalized spacial score (nSPS) is 11.4. The van der Waals surface area contributed by atoms with Crippen LogP contribution in [0.4, 0.5) is 4.39 Å². The Kier molecular flexibility index (Phi) is 3.94. The topological polar surface area (TPSA) is 72.8 Å². The van der Waals surface area contributed by atoms with Gasteiger partial charge in [0.1, 0.15) is 10.7 Å². The Morgan fingerprint density at radius 1 is 1.29 bits per heavy atom. The van der Waals surface area contributed by atoms with Crippen molar-refractivity contribution in [1.82, 2.24) is 0 Å². The van der Waals surface area contributed by atoms with E-state index >= 15 is 0 Å². The van der Waals surface area contributed by atoms with E-state index in [0.29, 0.717) is 0 Å². The van der Waals surface area contributed by atoms with E-state index in [1.165, 1.54) is 14.2 Å². The maximum absolute atomic E-state index is 13.7. The molecule has 96 valence electrons. The first-order chi connectivity index (χ1) is 7.86. The molecule has 1 aromatic rings. The van der Waals surface area contributed by atoms with Gasteiger partial charge in [0.2, 0.25) is 0 Å². The second kappa shape index (κ2) is 4.89. The van der Waals surface area contributed by atoms with Crippen LogP contribution in [0.2, 0.25) is 0 Å². The fourth-order valence-electron chi connectivity index (χ4n) is 1.51. The van der Waals surface area contributed by atoms with E-state index in [4.69, 9.17) is 14.6 Å². The summed E-state index contributed by atoms with van der Waals surface area (Å²) in [7, 11) is -1.32. The van der Waals surface area contributed by atoms with E-state index in [1.807, 2.05) is 0 Å². The molecule has 0 amide bonds. The van der Waals surface area contributed by atoms with Gasteiger partial charge in [0.25, 0.3) is 0 Å². The molecule has 0 aliphatic heterocycles. The van der Waals surface area contributed by atoms with Crippen molar-refractivity contribution in [1.29, 1.82) is 0 Å². The first-order valence-corrected chi connectivity index (χ1v) is 6.50. The van der Waals surface area contributed by atoms with Gasteiger partial charge in [-0.3, -0.25) is 0 Å². The molecule has 0 fully saturated rings. The predicted molar refractivity (Wildman–Crippen MR) is 58.5 cm³/mol. The number of aliphatic hydroxyl groups excluding tert-OH is 1. The van der Waals surface area contributed by atoms with Gasteiger partial charge in [-0.25, -0.2) is 12.8 Å². The fourth-order valence-corrected chi connectivity index (χ4v) is 2.44. The van der Waals surface area contributed by atoms with Gasteiger partial charge < -0.3 is 14.6 Å². The third kappa shape index (κ3) is 2.50. The van der Waals surface area contributed by atoms with Crippen LogP contribution in [0.3, 0.4) is 0 Å². The highest BCUT2D eigenvalue weighted by molar-refractivity contribution is 7.90. The summed E-state index contributed by atoms with van der Waals surface area (Å²) in [6.45, 7) is -0.486. The highest BCUT2D eigenvalue weighted by Crippen LogP contribution is 2.39. The number of halogens is 1. The van der Waals surface area contributed by atoms with Gasteiger partial charge in [-0.2, -0.15) is 0 Å². The lowest BCUT2D eigenvalue weighted by Crippen LogP contribution is -2.08. The molecule has 5 nitrogen and oxygen atoms in total. The summed E-state index contributed by atoms with van der Waals surface area (Å²) in [5.74, 6) is -1.20. The van der Waals surface area contributed by atoms with Crippen LogP contribution < -0.4 is 9.47 Å². The minimum atomic E-state index is -3.80. The van der Waals surface area contributed by atoms with Crippen molar-refractivity contribution < 1.29 is 27.4 Å². The number of hydrogen-bond donors (Lipinski definition) is 1.